The fourth-order valence-electron chi connectivity index (χ4n) is 5.95. The topological polar surface area (TPSA) is 38.9 Å². The predicted molar refractivity (Wildman–Crippen MR) is 204 cm³/mol. The van der Waals surface area contributed by atoms with Gasteiger partial charge in [0.15, 0.2) is 5.82 Å². The number of benzene rings is 8. The highest BCUT2D eigenvalue weighted by Gasteiger charge is 2.21. The number of rotatable bonds is 4. The largest absolute Gasteiger partial charge is 0.455 e. The van der Waals surface area contributed by atoms with Crippen LogP contribution in [0, 0.1) is 0 Å². The SMILES string of the molecule is [2H]c1c([2H])c(-c2c([2H])c([2H])c([2H])c3c([2H])c([2H])c([2H])c([2H])c23)c([2H])c([2H])c1-c1c([2H])c([2H])c(-c2nc(-c3ccccc3)c3ccccc3n2)c2c1oc1c([2H])c3c([2H])c([2H])c([2H])c([2H])c3c([2H])c12. The average molecular weight is 644 g/mol. The van der Waals surface area contributed by atoms with Crippen molar-refractivity contribution in [3.05, 3.63) is 169 Å². The summed E-state index contributed by atoms with van der Waals surface area (Å²) in [4.78, 5) is 9.72. The minimum absolute atomic E-state index is 0.167. The van der Waals surface area contributed by atoms with E-state index in [1.807, 2.05) is 6.07 Å². The smallest absolute Gasteiger partial charge is 0.161 e. The number of fused-ring (bicyclic) bond motifs is 6. The normalized spacial score (nSPS) is 17.1. The molecule has 10 rings (SSSR count). The van der Waals surface area contributed by atoms with Crippen LogP contribution in [0.5, 0.6) is 0 Å². The number of aromatic nitrogens is 2. The molecule has 0 atom stereocenters. The zero-order valence-corrected chi connectivity index (χ0v) is 25.0. The Kier molecular flexibility index (Phi) is 3.30. The highest BCUT2D eigenvalue weighted by molar-refractivity contribution is 6.18. The fourth-order valence-corrected chi connectivity index (χ4v) is 5.95. The lowest BCUT2D eigenvalue weighted by Crippen LogP contribution is -1.96. The van der Waals surface area contributed by atoms with Gasteiger partial charge in [-0.2, -0.15) is 0 Å². The van der Waals surface area contributed by atoms with E-state index in [9.17, 15) is 11.0 Å². The summed E-state index contributed by atoms with van der Waals surface area (Å²) in [6, 6.07) is 1.76. The molecule has 0 aliphatic rings. The Morgan fingerprint density at radius 2 is 1.14 bits per heavy atom. The Morgan fingerprint density at radius 1 is 0.469 bits per heavy atom. The molecule has 0 aliphatic heterocycles. The van der Waals surface area contributed by atoms with Gasteiger partial charge in [-0.1, -0.05) is 139 Å². The lowest BCUT2D eigenvalue weighted by atomic mass is 9.94. The summed E-state index contributed by atoms with van der Waals surface area (Å²) in [5, 5.41) is -1.61. The Balaban J connectivity index is 1.39. The molecule has 0 amide bonds. The van der Waals surface area contributed by atoms with Gasteiger partial charge < -0.3 is 4.42 Å². The number of furan rings is 1. The third-order valence-corrected chi connectivity index (χ3v) is 8.19. The van der Waals surface area contributed by atoms with Crippen molar-refractivity contribution in [2.45, 2.75) is 0 Å². The van der Waals surface area contributed by atoms with Gasteiger partial charge in [-0.3, -0.25) is 0 Å². The van der Waals surface area contributed by atoms with E-state index in [1.165, 1.54) is 0 Å². The standard InChI is InChI=1S/C46H28N2O/c1-2-12-32(13-3-1)44-38-18-8-9-20-41(38)47-46(48-44)39-26-25-37(45-43(39)40-27-33-14-4-5-15-34(33)28-42(40)49-45)31-23-21-30(22-24-31)36-19-10-16-29-11-6-7-17-35(29)36/h1-28H/i4D,5D,6D,7D,10D,11D,14D,15D,16D,17D,19D,21D,22D,23D,24D,25D,26D,27D,28D. The van der Waals surface area contributed by atoms with Crippen LogP contribution in [0.15, 0.2) is 174 Å². The van der Waals surface area contributed by atoms with Crippen LogP contribution < -0.4 is 0 Å². The number of para-hydroxylation sites is 1. The van der Waals surface area contributed by atoms with Crippen LogP contribution in [-0.2, 0) is 0 Å². The van der Waals surface area contributed by atoms with Crippen molar-refractivity contribution in [3.63, 3.8) is 0 Å². The third kappa shape index (κ3) is 4.51. The third-order valence-electron chi connectivity index (χ3n) is 8.19. The molecule has 3 heteroatoms. The zero-order valence-electron chi connectivity index (χ0n) is 44.0. The number of hydrogen-bond acceptors (Lipinski definition) is 3. The molecule has 49 heavy (non-hydrogen) atoms. The maximum absolute atomic E-state index is 9.71. The van der Waals surface area contributed by atoms with Crippen molar-refractivity contribution in [1.82, 2.24) is 9.97 Å². The molecule has 0 aliphatic carbocycles. The molecule has 0 unspecified atom stereocenters. The molecule has 0 fully saturated rings. The summed E-state index contributed by atoms with van der Waals surface area (Å²) in [6.45, 7) is 0. The Labute approximate surface area is 309 Å². The summed E-state index contributed by atoms with van der Waals surface area (Å²) >= 11 is 0. The first kappa shape index (κ1) is 14.7. The van der Waals surface area contributed by atoms with Crippen molar-refractivity contribution in [2.75, 3.05) is 0 Å². The molecule has 0 saturated heterocycles. The minimum atomic E-state index is -0.901. The second-order valence-corrected chi connectivity index (χ2v) is 11.0. The van der Waals surface area contributed by atoms with Gasteiger partial charge in [-0.25, -0.2) is 9.97 Å². The van der Waals surface area contributed by atoms with Crippen molar-refractivity contribution >= 4 is 54.4 Å². The Morgan fingerprint density at radius 3 is 1.98 bits per heavy atom. The van der Waals surface area contributed by atoms with Crippen LogP contribution in [0.3, 0.4) is 0 Å². The van der Waals surface area contributed by atoms with Gasteiger partial charge in [0.05, 0.1) is 37.3 Å². The lowest BCUT2D eigenvalue weighted by molar-refractivity contribution is 0.670. The van der Waals surface area contributed by atoms with Crippen molar-refractivity contribution in [3.8, 4) is 44.9 Å². The first-order chi connectivity index (χ1) is 32.2. The maximum atomic E-state index is 9.71. The van der Waals surface area contributed by atoms with Crippen LogP contribution in [0.4, 0.5) is 0 Å². The Hall–Kier alpha value is -6.58. The van der Waals surface area contributed by atoms with Gasteiger partial charge >= 0.3 is 0 Å². The van der Waals surface area contributed by atoms with Crippen LogP contribution >= 0.6 is 0 Å². The zero-order chi connectivity index (χ0) is 48.8. The monoisotopic (exact) mass is 643 g/mol. The van der Waals surface area contributed by atoms with Crippen molar-refractivity contribution in [1.29, 1.82) is 0 Å². The highest BCUT2D eigenvalue weighted by Crippen LogP contribution is 2.43. The molecule has 0 bridgehead atoms. The second-order valence-electron chi connectivity index (χ2n) is 11.0. The molecule has 0 radical (unpaired) electrons. The van der Waals surface area contributed by atoms with E-state index < -0.39 is 159 Å². The molecule has 8 aromatic carbocycles. The van der Waals surface area contributed by atoms with E-state index in [4.69, 9.17) is 29.5 Å². The van der Waals surface area contributed by atoms with Gasteiger partial charge in [-0.05, 0) is 68.5 Å². The molecule has 0 N–H and O–H groups in total. The second kappa shape index (κ2) is 11.0. The quantitative estimate of drug-likeness (QED) is 0.192. The van der Waals surface area contributed by atoms with Gasteiger partial charge in [0.25, 0.3) is 0 Å². The fraction of sp³-hybridized carbons (Fsp3) is 0. The first-order valence-corrected chi connectivity index (χ1v) is 15.0. The minimum Gasteiger partial charge on any atom is -0.455 e. The van der Waals surface area contributed by atoms with Crippen LogP contribution in [-0.4, -0.2) is 9.97 Å². The average Bonchev–Trinajstić information content (AvgIpc) is 3.73. The van der Waals surface area contributed by atoms with Crippen LogP contribution in [0.25, 0.3) is 99.3 Å². The lowest BCUT2D eigenvalue weighted by Gasteiger charge is -2.12. The highest BCUT2D eigenvalue weighted by atomic mass is 16.3. The molecule has 10 aromatic rings. The molecular weight excluding hydrogens is 597 g/mol. The molecule has 3 nitrogen and oxygen atoms in total. The van der Waals surface area contributed by atoms with Gasteiger partial charge in [0, 0.05) is 32.8 Å². The molecule has 0 spiro atoms. The van der Waals surface area contributed by atoms with Gasteiger partial charge in [0.1, 0.15) is 11.2 Å². The van der Waals surface area contributed by atoms with Crippen LogP contribution in [0.1, 0.15) is 26.0 Å². The van der Waals surface area contributed by atoms with Gasteiger partial charge in [0.2, 0.25) is 0 Å². The van der Waals surface area contributed by atoms with E-state index in [-0.39, 0.29) is 32.9 Å². The first-order valence-electron chi connectivity index (χ1n) is 24.5. The summed E-state index contributed by atoms with van der Waals surface area (Å²) in [5.41, 5.74) is -2.11. The van der Waals surface area contributed by atoms with E-state index in [0.717, 1.165) is 0 Å². The van der Waals surface area contributed by atoms with Crippen LogP contribution in [0.2, 0.25) is 0 Å². The summed E-state index contributed by atoms with van der Waals surface area (Å²) in [5.74, 6) is -0.167. The maximum Gasteiger partial charge on any atom is 0.161 e. The number of hydrogen-bond donors (Lipinski definition) is 0. The van der Waals surface area contributed by atoms with E-state index in [1.54, 1.807) is 48.5 Å². The van der Waals surface area contributed by atoms with Crippen molar-refractivity contribution < 1.29 is 30.5 Å². The van der Waals surface area contributed by atoms with Gasteiger partial charge in [-0.15, -0.1) is 0 Å². The molecule has 0 saturated carbocycles. The number of nitrogens with zero attached hydrogens (tertiary/aromatic N) is 2. The Bertz CT molecular complexity index is 3930. The molecular formula is C46H28N2O. The summed E-state index contributed by atoms with van der Waals surface area (Å²) in [6.07, 6.45) is 0. The van der Waals surface area contributed by atoms with E-state index in [2.05, 4.69) is 0 Å². The predicted octanol–water partition coefficient (Wildman–Crippen LogP) is 12.5. The van der Waals surface area contributed by atoms with E-state index >= 15 is 0 Å². The summed E-state index contributed by atoms with van der Waals surface area (Å²) in [7, 11) is 0. The molecule has 228 valence electrons. The van der Waals surface area contributed by atoms with E-state index in [0.29, 0.717) is 22.2 Å². The molecule has 2 heterocycles. The summed E-state index contributed by atoms with van der Waals surface area (Å²) < 4.78 is 177. The molecule has 2 aromatic heterocycles. The van der Waals surface area contributed by atoms with Crippen molar-refractivity contribution in [2.24, 2.45) is 0 Å².